The van der Waals surface area contributed by atoms with E-state index in [1.807, 2.05) is 12.1 Å². The van der Waals surface area contributed by atoms with Gasteiger partial charge in [0.05, 0.1) is 0 Å². The second kappa shape index (κ2) is 6.73. The summed E-state index contributed by atoms with van der Waals surface area (Å²) in [5, 5.41) is 0. The van der Waals surface area contributed by atoms with E-state index >= 15 is 0 Å². The minimum absolute atomic E-state index is 0.115. The first-order valence-electron chi connectivity index (χ1n) is 7.84. The predicted molar refractivity (Wildman–Crippen MR) is 97.3 cm³/mol. The van der Waals surface area contributed by atoms with E-state index in [0.29, 0.717) is 0 Å². The number of hydrogen-bond acceptors (Lipinski definition) is 3. The van der Waals surface area contributed by atoms with Crippen LogP contribution >= 0.6 is 11.8 Å². The van der Waals surface area contributed by atoms with Crippen LogP contribution in [0.3, 0.4) is 0 Å². The van der Waals surface area contributed by atoms with E-state index in [1.54, 1.807) is 18.7 Å². The van der Waals surface area contributed by atoms with Gasteiger partial charge in [0, 0.05) is 21.9 Å². The Labute approximate surface area is 142 Å². The van der Waals surface area contributed by atoms with E-state index in [9.17, 15) is 4.79 Å². The van der Waals surface area contributed by atoms with Crippen LogP contribution in [0.15, 0.2) is 58.3 Å². The average Bonchev–Trinajstić information content (AvgIpc) is 2.53. The largest absolute Gasteiger partial charge is 0.309 e. The zero-order valence-corrected chi connectivity index (χ0v) is 14.6. The van der Waals surface area contributed by atoms with Gasteiger partial charge in [-0.2, -0.15) is 0 Å². The maximum atomic E-state index is 11.8. The molecule has 0 spiro atoms. The molecule has 0 N–H and O–H groups in total. The van der Waals surface area contributed by atoms with Crippen molar-refractivity contribution in [2.45, 2.75) is 23.1 Å². The summed E-state index contributed by atoms with van der Waals surface area (Å²) in [7, 11) is 4.18. The second-order valence-electron chi connectivity index (χ2n) is 6.08. The van der Waals surface area contributed by atoms with E-state index in [1.165, 1.54) is 26.5 Å². The maximum Gasteiger partial charge on any atom is 0.159 e. The van der Waals surface area contributed by atoms with E-state index in [2.05, 4.69) is 55.4 Å². The van der Waals surface area contributed by atoms with Crippen LogP contribution in [0.5, 0.6) is 0 Å². The molecule has 3 rings (SSSR count). The van der Waals surface area contributed by atoms with Crippen molar-refractivity contribution in [2.75, 3.05) is 20.6 Å². The lowest BCUT2D eigenvalue weighted by molar-refractivity contribution is 0.101. The molecule has 0 amide bonds. The molecule has 0 fully saturated rings. The number of nitrogens with zero attached hydrogens (tertiary/aromatic N) is 1. The molecule has 1 aliphatic heterocycles. The van der Waals surface area contributed by atoms with E-state index < -0.39 is 0 Å². The quantitative estimate of drug-likeness (QED) is 0.647. The molecule has 0 radical (unpaired) electrons. The molecule has 0 saturated carbocycles. The molecule has 1 aliphatic rings. The molecule has 2 aromatic rings. The van der Waals surface area contributed by atoms with Crippen LogP contribution in [0.1, 0.15) is 34.8 Å². The summed E-state index contributed by atoms with van der Waals surface area (Å²) in [6, 6.07) is 14.6. The Morgan fingerprint density at radius 3 is 2.57 bits per heavy atom. The van der Waals surface area contributed by atoms with Gasteiger partial charge in [0.15, 0.2) is 5.78 Å². The summed E-state index contributed by atoms with van der Waals surface area (Å²) >= 11 is 1.78. The molecular formula is C20H21NOS. The van der Waals surface area contributed by atoms with Crippen molar-refractivity contribution >= 4 is 23.1 Å². The molecule has 2 nitrogen and oxygen atoms in total. The molecule has 1 heterocycles. The third kappa shape index (κ3) is 3.41. The summed E-state index contributed by atoms with van der Waals surface area (Å²) < 4.78 is 0. The monoisotopic (exact) mass is 323 g/mol. The molecule has 0 aliphatic carbocycles. The van der Waals surface area contributed by atoms with Gasteiger partial charge in [-0.3, -0.25) is 4.79 Å². The SMILES string of the molecule is CC(=O)c1ccc2c(c1)/C(=C/CCN(C)C)c1ccccc1S2. The molecule has 0 atom stereocenters. The smallest absolute Gasteiger partial charge is 0.159 e. The number of carbonyl (C=O) groups excluding carboxylic acids is 1. The molecular weight excluding hydrogens is 302 g/mol. The fourth-order valence-corrected chi connectivity index (χ4v) is 3.86. The number of ketones is 1. The highest BCUT2D eigenvalue weighted by atomic mass is 32.2. The van der Waals surface area contributed by atoms with Gasteiger partial charge in [-0.05, 0) is 62.3 Å². The summed E-state index contributed by atoms with van der Waals surface area (Å²) in [6.07, 6.45) is 3.30. The Morgan fingerprint density at radius 2 is 1.83 bits per heavy atom. The summed E-state index contributed by atoms with van der Waals surface area (Å²) in [6.45, 7) is 2.64. The number of Topliss-reactive ketones (excluding diaryl/α,β-unsaturated/α-hetero) is 1. The Bertz CT molecular complexity index is 777. The van der Waals surface area contributed by atoms with Crippen LogP contribution < -0.4 is 0 Å². The normalized spacial score (nSPS) is 14.7. The number of hydrogen-bond donors (Lipinski definition) is 0. The third-order valence-corrected chi connectivity index (χ3v) is 5.15. The Hall–Kier alpha value is -1.84. The van der Waals surface area contributed by atoms with Gasteiger partial charge in [-0.1, -0.05) is 42.1 Å². The van der Waals surface area contributed by atoms with Crippen molar-refractivity contribution in [3.05, 3.63) is 65.2 Å². The molecule has 118 valence electrons. The fraction of sp³-hybridized carbons (Fsp3) is 0.250. The van der Waals surface area contributed by atoms with Crippen molar-refractivity contribution in [3.63, 3.8) is 0 Å². The van der Waals surface area contributed by atoms with Gasteiger partial charge in [0.2, 0.25) is 0 Å². The van der Waals surface area contributed by atoms with Crippen LogP contribution in [-0.2, 0) is 0 Å². The zero-order valence-electron chi connectivity index (χ0n) is 13.8. The van der Waals surface area contributed by atoms with Crippen LogP contribution in [0.4, 0.5) is 0 Å². The van der Waals surface area contributed by atoms with Gasteiger partial charge >= 0.3 is 0 Å². The first-order valence-corrected chi connectivity index (χ1v) is 8.65. The van der Waals surface area contributed by atoms with Crippen LogP contribution in [0, 0.1) is 0 Å². The van der Waals surface area contributed by atoms with Gasteiger partial charge in [0.25, 0.3) is 0 Å². The van der Waals surface area contributed by atoms with Gasteiger partial charge < -0.3 is 4.90 Å². The minimum Gasteiger partial charge on any atom is -0.309 e. The van der Waals surface area contributed by atoms with Crippen molar-refractivity contribution in [1.82, 2.24) is 4.90 Å². The van der Waals surface area contributed by atoms with Crippen molar-refractivity contribution in [1.29, 1.82) is 0 Å². The van der Waals surface area contributed by atoms with Crippen molar-refractivity contribution in [3.8, 4) is 0 Å². The highest BCUT2D eigenvalue weighted by molar-refractivity contribution is 7.99. The topological polar surface area (TPSA) is 20.3 Å². The van der Waals surface area contributed by atoms with Gasteiger partial charge in [-0.25, -0.2) is 0 Å². The van der Waals surface area contributed by atoms with Crippen molar-refractivity contribution in [2.24, 2.45) is 0 Å². The highest BCUT2D eigenvalue weighted by Gasteiger charge is 2.21. The molecule has 0 saturated heterocycles. The average molecular weight is 323 g/mol. The summed E-state index contributed by atoms with van der Waals surface area (Å²) in [5.41, 5.74) is 4.48. The Kier molecular flexibility index (Phi) is 4.69. The molecule has 2 aromatic carbocycles. The lowest BCUT2D eigenvalue weighted by Crippen LogP contribution is -2.12. The molecule has 0 unspecified atom stereocenters. The van der Waals surface area contributed by atoms with E-state index in [0.717, 1.165) is 18.5 Å². The second-order valence-corrected chi connectivity index (χ2v) is 7.16. The number of carbonyl (C=O) groups is 1. The maximum absolute atomic E-state index is 11.8. The van der Waals surface area contributed by atoms with E-state index in [4.69, 9.17) is 0 Å². The highest BCUT2D eigenvalue weighted by Crippen LogP contribution is 2.45. The fourth-order valence-electron chi connectivity index (χ4n) is 2.78. The van der Waals surface area contributed by atoms with Crippen LogP contribution in [0.25, 0.3) is 5.57 Å². The number of benzene rings is 2. The number of rotatable bonds is 4. The Balaban J connectivity index is 2.09. The zero-order chi connectivity index (χ0) is 16.4. The molecule has 23 heavy (non-hydrogen) atoms. The lowest BCUT2D eigenvalue weighted by Gasteiger charge is -2.23. The van der Waals surface area contributed by atoms with E-state index in [-0.39, 0.29) is 5.78 Å². The van der Waals surface area contributed by atoms with Crippen LogP contribution in [0.2, 0.25) is 0 Å². The first kappa shape index (κ1) is 16.0. The van der Waals surface area contributed by atoms with Crippen LogP contribution in [-0.4, -0.2) is 31.3 Å². The Morgan fingerprint density at radius 1 is 1.09 bits per heavy atom. The third-order valence-electron chi connectivity index (χ3n) is 4.00. The summed E-state index contributed by atoms with van der Waals surface area (Å²) in [5.74, 6) is 0.115. The molecule has 0 aromatic heterocycles. The first-order chi connectivity index (χ1) is 11.1. The van der Waals surface area contributed by atoms with Gasteiger partial charge in [-0.15, -0.1) is 0 Å². The molecule has 3 heteroatoms. The standard InChI is InChI=1S/C20H21NOS/c1-14(22)15-10-11-20-18(13-15)16(8-6-12-21(2)3)17-7-4-5-9-19(17)23-20/h4-5,7-11,13H,6,12H2,1-3H3/b16-8+. The minimum atomic E-state index is 0.115. The summed E-state index contributed by atoms with van der Waals surface area (Å²) in [4.78, 5) is 16.5. The predicted octanol–water partition coefficient (Wildman–Crippen LogP) is 4.74. The molecule has 0 bridgehead atoms. The van der Waals surface area contributed by atoms with Crippen molar-refractivity contribution < 1.29 is 4.79 Å². The number of fused-ring (bicyclic) bond motifs is 2. The lowest BCUT2D eigenvalue weighted by atomic mass is 9.94. The van der Waals surface area contributed by atoms with Gasteiger partial charge in [0.1, 0.15) is 0 Å².